The van der Waals surface area contributed by atoms with Crippen molar-refractivity contribution in [2.45, 2.75) is 6.54 Å². The van der Waals surface area contributed by atoms with Crippen LogP contribution < -0.4 is 5.73 Å². The Balaban J connectivity index is 2.71. The first-order valence-corrected chi connectivity index (χ1v) is 4.32. The highest BCUT2D eigenvalue weighted by molar-refractivity contribution is 9.10. The van der Waals surface area contributed by atoms with Gasteiger partial charge in [0.05, 0.1) is 9.86 Å². The predicted octanol–water partition coefficient (Wildman–Crippen LogP) is 2.05. The molecular formula is C8H7BrN2O. The Morgan fingerprint density at radius 2 is 2.42 bits per heavy atom. The molecule has 0 aliphatic heterocycles. The lowest BCUT2D eigenvalue weighted by Gasteiger charge is -1.94. The Morgan fingerprint density at radius 3 is 3.17 bits per heavy atom. The molecule has 62 valence electrons. The average molecular weight is 227 g/mol. The zero-order valence-corrected chi connectivity index (χ0v) is 7.84. The van der Waals surface area contributed by atoms with Crippen molar-refractivity contribution in [3.63, 3.8) is 0 Å². The first kappa shape index (κ1) is 7.76. The molecule has 3 nitrogen and oxygen atoms in total. The fraction of sp³-hybridized carbons (Fsp3) is 0.125. The molecule has 0 fully saturated rings. The second-order valence-corrected chi connectivity index (χ2v) is 3.34. The second-order valence-electron chi connectivity index (χ2n) is 2.48. The van der Waals surface area contributed by atoms with Crippen molar-refractivity contribution in [3.05, 3.63) is 28.6 Å². The molecular weight excluding hydrogens is 220 g/mol. The molecule has 2 aromatic heterocycles. The molecule has 2 heterocycles. The van der Waals surface area contributed by atoms with Crippen molar-refractivity contribution in [1.82, 2.24) is 4.98 Å². The van der Waals surface area contributed by atoms with E-state index in [1.807, 2.05) is 6.07 Å². The van der Waals surface area contributed by atoms with E-state index in [9.17, 15) is 0 Å². The van der Waals surface area contributed by atoms with Gasteiger partial charge in [-0.15, -0.1) is 0 Å². The van der Waals surface area contributed by atoms with Crippen LogP contribution in [0.2, 0.25) is 0 Å². The number of rotatable bonds is 1. The molecule has 0 bridgehead atoms. The number of aromatic nitrogens is 1. The van der Waals surface area contributed by atoms with Crippen LogP contribution in [0.25, 0.3) is 11.1 Å². The van der Waals surface area contributed by atoms with Gasteiger partial charge in [0.1, 0.15) is 6.26 Å². The van der Waals surface area contributed by atoms with E-state index in [1.54, 1.807) is 12.5 Å². The molecule has 0 aliphatic rings. The van der Waals surface area contributed by atoms with E-state index >= 15 is 0 Å². The summed E-state index contributed by atoms with van der Waals surface area (Å²) in [6, 6.07) is 1.97. The number of halogens is 1. The highest BCUT2D eigenvalue weighted by Gasteiger charge is 2.04. The average Bonchev–Trinajstić information content (AvgIpc) is 2.47. The minimum atomic E-state index is 0.501. The summed E-state index contributed by atoms with van der Waals surface area (Å²) in [6.45, 7) is 0.501. The lowest BCUT2D eigenvalue weighted by molar-refractivity contribution is 0.601. The monoisotopic (exact) mass is 226 g/mol. The third-order valence-corrected chi connectivity index (χ3v) is 2.29. The Hall–Kier alpha value is -0.870. The highest BCUT2D eigenvalue weighted by Crippen LogP contribution is 2.24. The lowest BCUT2D eigenvalue weighted by Crippen LogP contribution is -1.96. The molecule has 0 radical (unpaired) electrons. The summed E-state index contributed by atoms with van der Waals surface area (Å²) in [5.41, 5.74) is 7.12. The van der Waals surface area contributed by atoms with Crippen molar-refractivity contribution in [2.75, 3.05) is 0 Å². The van der Waals surface area contributed by atoms with Crippen LogP contribution in [0.1, 0.15) is 5.56 Å². The maximum absolute atomic E-state index is 5.47. The molecule has 0 spiro atoms. The van der Waals surface area contributed by atoms with Crippen LogP contribution in [0.5, 0.6) is 0 Å². The van der Waals surface area contributed by atoms with Crippen molar-refractivity contribution >= 4 is 27.0 Å². The van der Waals surface area contributed by atoms with Gasteiger partial charge in [0.25, 0.3) is 0 Å². The van der Waals surface area contributed by atoms with Gasteiger partial charge in [-0.05, 0) is 27.6 Å². The molecule has 4 heteroatoms. The summed E-state index contributed by atoms with van der Waals surface area (Å²) in [4.78, 5) is 4.10. The number of pyridine rings is 1. The van der Waals surface area contributed by atoms with Crippen LogP contribution in [0.3, 0.4) is 0 Å². The van der Waals surface area contributed by atoms with Gasteiger partial charge < -0.3 is 10.2 Å². The van der Waals surface area contributed by atoms with Crippen LogP contribution in [0.4, 0.5) is 0 Å². The normalized spacial score (nSPS) is 10.8. The summed E-state index contributed by atoms with van der Waals surface area (Å²) in [6.07, 6.45) is 3.34. The minimum absolute atomic E-state index is 0.501. The minimum Gasteiger partial charge on any atom is -0.445 e. The highest BCUT2D eigenvalue weighted by atomic mass is 79.9. The first-order chi connectivity index (χ1) is 5.81. The summed E-state index contributed by atoms with van der Waals surface area (Å²) < 4.78 is 6.07. The molecule has 12 heavy (non-hydrogen) atoms. The van der Waals surface area contributed by atoms with Crippen LogP contribution in [0, 0.1) is 0 Å². The lowest BCUT2D eigenvalue weighted by atomic mass is 10.2. The van der Waals surface area contributed by atoms with E-state index < -0.39 is 0 Å². The van der Waals surface area contributed by atoms with Gasteiger partial charge in [-0.1, -0.05) is 0 Å². The summed E-state index contributed by atoms with van der Waals surface area (Å²) >= 11 is 3.36. The fourth-order valence-electron chi connectivity index (χ4n) is 1.04. The van der Waals surface area contributed by atoms with Gasteiger partial charge in [-0.25, -0.2) is 4.98 Å². The summed E-state index contributed by atoms with van der Waals surface area (Å²) in [5.74, 6) is 0. The van der Waals surface area contributed by atoms with E-state index in [-0.39, 0.29) is 0 Å². The largest absolute Gasteiger partial charge is 0.445 e. The van der Waals surface area contributed by atoms with Crippen LogP contribution in [-0.4, -0.2) is 4.98 Å². The SMILES string of the molecule is NCc1cnc2occ(Br)c2c1. The van der Waals surface area contributed by atoms with Crippen LogP contribution in [0.15, 0.2) is 27.4 Å². The van der Waals surface area contributed by atoms with Crippen molar-refractivity contribution in [1.29, 1.82) is 0 Å². The standard InChI is InChI=1S/C8H7BrN2O/c9-7-4-12-8-6(7)1-5(2-10)3-11-8/h1,3-4H,2,10H2. The predicted molar refractivity (Wildman–Crippen MR) is 49.6 cm³/mol. The number of nitrogens with two attached hydrogens (primary N) is 1. The molecule has 0 unspecified atom stereocenters. The number of fused-ring (bicyclic) bond motifs is 1. The van der Waals surface area contributed by atoms with Gasteiger partial charge in [-0.2, -0.15) is 0 Å². The van der Waals surface area contributed by atoms with Gasteiger partial charge in [0.2, 0.25) is 5.71 Å². The molecule has 0 aliphatic carbocycles. The fourth-order valence-corrected chi connectivity index (χ4v) is 1.42. The maximum Gasteiger partial charge on any atom is 0.227 e. The number of hydrogen-bond acceptors (Lipinski definition) is 3. The molecule has 0 amide bonds. The second kappa shape index (κ2) is 2.88. The maximum atomic E-state index is 5.47. The third kappa shape index (κ3) is 1.13. The Bertz CT molecular complexity index is 410. The topological polar surface area (TPSA) is 52.0 Å². The van der Waals surface area contributed by atoms with Gasteiger partial charge in [0.15, 0.2) is 0 Å². The van der Waals surface area contributed by atoms with Crippen molar-refractivity contribution in [2.24, 2.45) is 5.73 Å². The zero-order chi connectivity index (χ0) is 8.55. The van der Waals surface area contributed by atoms with Gasteiger partial charge in [0, 0.05) is 12.7 Å². The van der Waals surface area contributed by atoms with E-state index in [0.29, 0.717) is 12.3 Å². The molecule has 0 aromatic carbocycles. The molecule has 2 rings (SSSR count). The van der Waals surface area contributed by atoms with Gasteiger partial charge in [-0.3, -0.25) is 0 Å². The smallest absolute Gasteiger partial charge is 0.227 e. The summed E-state index contributed by atoms with van der Waals surface area (Å²) in [5, 5.41) is 0.970. The van der Waals surface area contributed by atoms with E-state index in [0.717, 1.165) is 15.4 Å². The summed E-state index contributed by atoms with van der Waals surface area (Å²) in [7, 11) is 0. The Labute approximate surface area is 77.7 Å². The molecule has 0 saturated heterocycles. The van der Waals surface area contributed by atoms with Crippen molar-refractivity contribution in [3.8, 4) is 0 Å². The quantitative estimate of drug-likeness (QED) is 0.810. The van der Waals surface area contributed by atoms with Crippen LogP contribution in [-0.2, 0) is 6.54 Å². The Kier molecular flexibility index (Phi) is 1.86. The molecule has 2 aromatic rings. The van der Waals surface area contributed by atoms with E-state index in [4.69, 9.17) is 10.2 Å². The van der Waals surface area contributed by atoms with E-state index in [2.05, 4.69) is 20.9 Å². The first-order valence-electron chi connectivity index (χ1n) is 3.53. The number of nitrogens with zero attached hydrogens (tertiary/aromatic N) is 1. The van der Waals surface area contributed by atoms with E-state index in [1.165, 1.54) is 0 Å². The van der Waals surface area contributed by atoms with Gasteiger partial charge >= 0.3 is 0 Å². The number of furan rings is 1. The zero-order valence-electron chi connectivity index (χ0n) is 6.25. The third-order valence-electron chi connectivity index (χ3n) is 1.67. The molecule has 0 saturated carbocycles. The Morgan fingerprint density at radius 1 is 1.58 bits per heavy atom. The molecule has 0 atom stereocenters. The molecule has 2 N–H and O–H groups in total. The number of hydrogen-bond donors (Lipinski definition) is 1. The van der Waals surface area contributed by atoms with Crippen molar-refractivity contribution < 1.29 is 4.42 Å². The van der Waals surface area contributed by atoms with Crippen LogP contribution >= 0.6 is 15.9 Å².